The van der Waals surface area contributed by atoms with Crippen molar-refractivity contribution in [2.75, 3.05) is 0 Å². The fourth-order valence-corrected chi connectivity index (χ4v) is 8.01. The molecule has 3 heterocycles. The first-order valence-corrected chi connectivity index (χ1v) is 18.4. The summed E-state index contributed by atoms with van der Waals surface area (Å²) in [5.41, 5.74) is 3.70. The molecule has 270 valence electrons. The maximum Gasteiger partial charge on any atom is 0.164 e. The third kappa shape index (κ3) is 5.00. The number of fused-ring (bicyclic) bond motifs is 8. The predicted octanol–water partition coefficient (Wildman–Crippen LogP) is 14.3. The fraction of sp³-hybridized carbons (Fsp3) is 0. The van der Waals surface area contributed by atoms with E-state index < -0.39 is 30.2 Å². The highest BCUT2D eigenvalue weighted by molar-refractivity contribution is 6.18. The second-order valence-corrected chi connectivity index (χ2v) is 13.7. The zero-order chi connectivity index (χ0) is 48.6. The number of rotatable bonds is 5. The molecule has 0 spiro atoms. The third-order valence-electron chi connectivity index (χ3n) is 10.6. The van der Waals surface area contributed by atoms with Crippen LogP contribution in [0, 0.1) is 0 Å². The largest absolute Gasteiger partial charge is 0.456 e. The van der Waals surface area contributed by atoms with Crippen molar-refractivity contribution in [2.45, 2.75) is 0 Å². The molecule has 3 aromatic heterocycles. The van der Waals surface area contributed by atoms with Gasteiger partial charge in [-0.05, 0) is 74.0 Å². The number of benzene rings is 9. The van der Waals surface area contributed by atoms with Crippen LogP contribution in [0.4, 0.5) is 0 Å². The van der Waals surface area contributed by atoms with Crippen molar-refractivity contribution in [1.29, 1.82) is 0 Å². The molecule has 0 saturated heterocycles. The normalized spacial score (nSPS) is 14.7. The van der Waals surface area contributed by atoms with Crippen molar-refractivity contribution in [3.05, 3.63) is 188 Å². The second-order valence-electron chi connectivity index (χ2n) is 13.7. The van der Waals surface area contributed by atoms with E-state index in [0.717, 1.165) is 27.3 Å². The highest BCUT2D eigenvalue weighted by Crippen LogP contribution is 2.44. The van der Waals surface area contributed by atoms with Crippen LogP contribution in [0.5, 0.6) is 0 Å². The molecule has 0 unspecified atom stereocenters. The summed E-state index contributed by atoms with van der Waals surface area (Å²) >= 11 is 0. The quantitative estimate of drug-likeness (QED) is 0.175. The van der Waals surface area contributed by atoms with E-state index in [9.17, 15) is 2.74 Å². The lowest BCUT2D eigenvalue weighted by Gasteiger charge is -2.16. The lowest BCUT2D eigenvalue weighted by molar-refractivity contribution is 0.668. The second kappa shape index (κ2) is 12.8. The first kappa shape index (κ1) is 22.6. The van der Waals surface area contributed by atoms with Crippen molar-refractivity contribution in [3.63, 3.8) is 0 Å². The van der Waals surface area contributed by atoms with Gasteiger partial charge in [-0.2, -0.15) is 0 Å². The summed E-state index contributed by atoms with van der Waals surface area (Å²) in [6.45, 7) is 0. The number of hydrogen-bond donors (Lipinski definition) is 0. The van der Waals surface area contributed by atoms with Crippen LogP contribution in [0.25, 0.3) is 122 Å². The van der Waals surface area contributed by atoms with Gasteiger partial charge in [-0.25, -0.2) is 15.0 Å². The van der Waals surface area contributed by atoms with Crippen LogP contribution >= 0.6 is 0 Å². The van der Waals surface area contributed by atoms with Gasteiger partial charge in [0.2, 0.25) is 0 Å². The van der Waals surface area contributed by atoms with Crippen molar-refractivity contribution in [2.24, 2.45) is 0 Å². The van der Waals surface area contributed by atoms with Crippen LogP contribution in [-0.4, -0.2) is 15.0 Å². The Kier molecular flexibility index (Phi) is 5.00. The van der Waals surface area contributed by atoms with E-state index in [2.05, 4.69) is 0 Å². The molecule has 5 nitrogen and oxygen atoms in total. The minimum atomic E-state index is -0.495. The van der Waals surface area contributed by atoms with Gasteiger partial charge in [0.25, 0.3) is 0 Å². The molecule has 0 aliphatic rings. The Bertz CT molecular complexity index is 4290. The summed E-state index contributed by atoms with van der Waals surface area (Å²) in [6.07, 6.45) is 0. The molecule has 9 aromatic carbocycles. The molecule has 0 aliphatic carbocycles. The zero-order valence-electron chi connectivity index (χ0n) is 42.1. The maximum absolute atomic E-state index is 9.25. The molecular formula is C53H31N3O2. The van der Waals surface area contributed by atoms with Gasteiger partial charge in [-0.1, -0.05) is 158 Å². The number of nitrogens with zero attached hydrogens (tertiary/aromatic N) is 3. The molecule has 0 amide bonds. The van der Waals surface area contributed by atoms with Gasteiger partial charge < -0.3 is 8.83 Å². The summed E-state index contributed by atoms with van der Waals surface area (Å²) in [7, 11) is 0. The van der Waals surface area contributed by atoms with Crippen molar-refractivity contribution in [1.82, 2.24) is 15.0 Å². The van der Waals surface area contributed by atoms with E-state index in [0.29, 0.717) is 27.9 Å². The molecule has 58 heavy (non-hydrogen) atoms. The molecule has 0 fully saturated rings. The molecule has 12 rings (SSSR count). The highest BCUT2D eigenvalue weighted by Gasteiger charge is 2.21. The molecular weight excluding hydrogens is 711 g/mol. The van der Waals surface area contributed by atoms with Crippen LogP contribution in [0.15, 0.2) is 197 Å². The SMILES string of the molecule is [2H]c1cc2c(oc3c([2H])cc([2H])c(-c4nc(-c5ccccc5)nc(-c5ccc(-c6ccc(-c7c([2H])c([2H])c([2H])c8oc9c([2H])c([2H])c([2H])c([2H])c9c78)c7ccccc67)c6ccccc56)n4)c32)c([2H])c1[2H]. The van der Waals surface area contributed by atoms with Gasteiger partial charge >= 0.3 is 0 Å². The van der Waals surface area contributed by atoms with Crippen LogP contribution in [0.3, 0.4) is 0 Å². The van der Waals surface area contributed by atoms with Crippen LogP contribution in [0.2, 0.25) is 0 Å². The Morgan fingerprint density at radius 1 is 0.310 bits per heavy atom. The van der Waals surface area contributed by atoms with Gasteiger partial charge in [0, 0.05) is 38.2 Å². The summed E-state index contributed by atoms with van der Waals surface area (Å²) < 4.78 is 116. The van der Waals surface area contributed by atoms with Crippen LogP contribution in [-0.2, 0) is 0 Å². The number of furan rings is 2. The standard InChI is InChI=1S/C53H31N3O2/c1-2-14-32(15-3-1)51-54-52(56-53(55-51)44-23-13-27-48-50(44)43-21-9-11-25-46(43)58-48)41-31-30-38(35-18-6-7-19-36(35)41)37-28-29-39(34-17-5-4-16-33(34)37)40-22-12-26-47-49(40)42-20-8-10-24-45(42)57-47/h1-31H/i8D,9D,10D,11D,12D,20D,22D,23D,24D,25D,26D,27D. The molecule has 5 heteroatoms. The number of hydrogen-bond acceptors (Lipinski definition) is 5. The van der Waals surface area contributed by atoms with Crippen LogP contribution in [0.1, 0.15) is 16.4 Å². The Morgan fingerprint density at radius 2 is 0.828 bits per heavy atom. The summed E-state index contributed by atoms with van der Waals surface area (Å²) in [4.78, 5) is 15.0. The topological polar surface area (TPSA) is 65.0 Å². The van der Waals surface area contributed by atoms with E-state index in [4.69, 9.17) is 37.5 Å². The summed E-state index contributed by atoms with van der Waals surface area (Å²) in [6, 6.07) is 31.1. The maximum atomic E-state index is 9.25. The van der Waals surface area contributed by atoms with E-state index >= 15 is 0 Å². The predicted molar refractivity (Wildman–Crippen MR) is 237 cm³/mol. The average Bonchev–Trinajstić information content (AvgIpc) is 3.96. The van der Waals surface area contributed by atoms with E-state index in [1.807, 2.05) is 103 Å². The zero-order valence-corrected chi connectivity index (χ0v) is 30.1. The molecule has 0 bridgehead atoms. The van der Waals surface area contributed by atoms with Gasteiger partial charge in [0.15, 0.2) is 17.5 Å². The summed E-state index contributed by atoms with van der Waals surface area (Å²) in [5.74, 6) is 0.682. The summed E-state index contributed by atoms with van der Waals surface area (Å²) in [5, 5.41) is 3.82. The average molecular weight is 754 g/mol. The number of para-hydroxylation sites is 2. The first-order valence-electron chi connectivity index (χ1n) is 24.4. The third-order valence-corrected chi connectivity index (χ3v) is 10.6. The van der Waals surface area contributed by atoms with Gasteiger partial charge in [0.05, 0.1) is 16.4 Å². The number of aromatic nitrogens is 3. The van der Waals surface area contributed by atoms with Gasteiger partial charge in [-0.3, -0.25) is 0 Å². The highest BCUT2D eigenvalue weighted by atomic mass is 16.3. The Hall–Kier alpha value is -7.89. The molecule has 0 N–H and O–H groups in total. The lowest BCUT2D eigenvalue weighted by Crippen LogP contribution is -2.01. The molecule has 0 aliphatic heterocycles. The molecule has 0 atom stereocenters. The Morgan fingerprint density at radius 3 is 1.55 bits per heavy atom. The smallest absolute Gasteiger partial charge is 0.164 e. The van der Waals surface area contributed by atoms with Crippen molar-refractivity contribution < 1.29 is 25.3 Å². The van der Waals surface area contributed by atoms with Crippen molar-refractivity contribution in [3.8, 4) is 56.4 Å². The van der Waals surface area contributed by atoms with Gasteiger partial charge in [-0.15, -0.1) is 0 Å². The van der Waals surface area contributed by atoms with E-state index in [1.165, 1.54) is 12.1 Å². The van der Waals surface area contributed by atoms with E-state index in [1.54, 1.807) is 0 Å². The van der Waals surface area contributed by atoms with Crippen molar-refractivity contribution >= 4 is 65.4 Å². The van der Waals surface area contributed by atoms with Gasteiger partial charge in [0.1, 0.15) is 22.3 Å². The molecule has 12 aromatic rings. The Balaban J connectivity index is 1.09. The minimum absolute atomic E-state index is 0.0159. The minimum Gasteiger partial charge on any atom is -0.456 e. The molecule has 0 saturated carbocycles. The van der Waals surface area contributed by atoms with E-state index in [-0.39, 0.29) is 109 Å². The fourth-order valence-electron chi connectivity index (χ4n) is 8.01. The lowest BCUT2D eigenvalue weighted by atomic mass is 9.88. The van der Waals surface area contributed by atoms with Crippen LogP contribution < -0.4 is 0 Å². The monoisotopic (exact) mass is 753 g/mol. The Labute approximate surface area is 349 Å². The molecule has 0 radical (unpaired) electrons. The first-order chi connectivity index (χ1) is 33.7.